The van der Waals surface area contributed by atoms with Gasteiger partial charge < -0.3 is 5.43 Å². The van der Waals surface area contributed by atoms with Crippen LogP contribution in [-0.2, 0) is 0 Å². The largest absolute Gasteiger partial charge is 0.301 e. The van der Waals surface area contributed by atoms with E-state index in [1.165, 1.54) is 0 Å². The third kappa shape index (κ3) is 0.513. The van der Waals surface area contributed by atoms with Crippen molar-refractivity contribution in [1.82, 2.24) is 16.0 Å². The molecular weight excluding hydrogens is 140 g/mol. The topological polar surface area (TPSA) is 43.7 Å². The first-order valence-corrected chi connectivity index (χ1v) is 3.48. The summed E-state index contributed by atoms with van der Waals surface area (Å²) in [7, 11) is 0. The fourth-order valence-electron chi connectivity index (χ4n) is 1.38. The lowest BCUT2D eigenvalue weighted by Gasteiger charge is -2.00. The van der Waals surface area contributed by atoms with E-state index >= 15 is 0 Å². The number of hydrogen-bond donors (Lipinski definition) is 3. The summed E-state index contributed by atoms with van der Waals surface area (Å²) in [5.74, 6) is 0. The molecule has 0 radical (unpaired) electrons. The van der Waals surface area contributed by atoms with Crippen molar-refractivity contribution in [2.45, 2.75) is 0 Å². The minimum absolute atomic E-state index is 1.11. The molecular formula is C7H7N4+. The Balaban J connectivity index is 2.33. The number of allylic oxidation sites excluding steroid dienone is 1. The molecule has 1 aromatic rings. The van der Waals surface area contributed by atoms with Crippen molar-refractivity contribution in [1.29, 1.82) is 0 Å². The van der Waals surface area contributed by atoms with E-state index in [9.17, 15) is 0 Å². The second-order valence-corrected chi connectivity index (χ2v) is 2.61. The summed E-state index contributed by atoms with van der Waals surface area (Å²) in [5.41, 5.74) is 9.34. The molecule has 3 N–H and O–H groups in total. The lowest BCUT2D eigenvalue weighted by Crippen LogP contribution is -2.36. The molecule has 1 aromatic heterocycles. The average molecular weight is 147 g/mol. The van der Waals surface area contributed by atoms with E-state index in [2.05, 4.69) is 22.0 Å². The number of hydrazine groups is 1. The first kappa shape index (κ1) is 5.01. The van der Waals surface area contributed by atoms with Gasteiger partial charge in [0, 0.05) is 6.07 Å². The van der Waals surface area contributed by atoms with Gasteiger partial charge in [0.15, 0.2) is 0 Å². The first-order chi connectivity index (χ1) is 5.43. The molecule has 3 rings (SSSR count). The highest BCUT2D eigenvalue weighted by molar-refractivity contribution is 5.70. The number of rotatable bonds is 0. The third-order valence-electron chi connectivity index (χ3n) is 1.90. The van der Waals surface area contributed by atoms with Crippen LogP contribution in [0.4, 0.5) is 0 Å². The Bertz CT molecular complexity index is 372. The van der Waals surface area contributed by atoms with E-state index in [4.69, 9.17) is 0 Å². The molecule has 2 aliphatic rings. The minimum atomic E-state index is 1.11. The quantitative estimate of drug-likeness (QED) is 0.436. The van der Waals surface area contributed by atoms with E-state index in [1.807, 2.05) is 23.1 Å². The zero-order chi connectivity index (χ0) is 7.26. The predicted molar refractivity (Wildman–Crippen MR) is 39.5 cm³/mol. The SMILES string of the molecule is C1=C2NNC=C2[n+]2ccc1[nH]2. The molecule has 54 valence electrons. The Morgan fingerprint density at radius 1 is 1.36 bits per heavy atom. The molecule has 11 heavy (non-hydrogen) atoms. The van der Waals surface area contributed by atoms with Gasteiger partial charge in [-0.15, -0.1) is 0 Å². The number of fused-ring (bicyclic) bond motifs is 4. The number of aromatic amines is 1. The maximum absolute atomic E-state index is 3.18. The number of hydrogen-bond acceptors (Lipinski definition) is 2. The standard InChI is InChI=1S/C7H6N4/c1-2-11-7-4-8-9-6(7)3-5(1)10-11/h1-4H,(H2,8,9,10)/p+1. The molecule has 2 bridgehead atoms. The Kier molecular flexibility index (Phi) is 0.671. The van der Waals surface area contributed by atoms with Gasteiger partial charge in [-0.2, -0.15) is 5.10 Å². The van der Waals surface area contributed by atoms with Gasteiger partial charge in [-0.05, 0) is 6.08 Å². The average Bonchev–Trinajstić information content (AvgIpc) is 2.58. The van der Waals surface area contributed by atoms with Crippen LogP contribution < -0.4 is 15.5 Å². The van der Waals surface area contributed by atoms with Gasteiger partial charge in [0.2, 0.25) is 6.20 Å². The summed E-state index contributed by atoms with van der Waals surface area (Å²) in [6.07, 6.45) is 5.98. The molecule has 0 saturated carbocycles. The Morgan fingerprint density at radius 2 is 2.36 bits per heavy atom. The third-order valence-corrected chi connectivity index (χ3v) is 1.90. The summed E-state index contributed by atoms with van der Waals surface area (Å²) in [4.78, 5) is 0. The van der Waals surface area contributed by atoms with Crippen LogP contribution in [-0.4, -0.2) is 5.10 Å². The van der Waals surface area contributed by atoms with Crippen molar-refractivity contribution >= 4 is 11.8 Å². The van der Waals surface area contributed by atoms with Crippen molar-refractivity contribution < 1.29 is 4.68 Å². The number of H-pyrrole nitrogens is 1. The van der Waals surface area contributed by atoms with Crippen molar-refractivity contribution in [3.63, 3.8) is 0 Å². The maximum atomic E-state index is 3.18. The molecule has 0 aromatic carbocycles. The Morgan fingerprint density at radius 3 is 3.36 bits per heavy atom. The van der Waals surface area contributed by atoms with E-state index in [0.29, 0.717) is 0 Å². The predicted octanol–water partition coefficient (Wildman–Crippen LogP) is -0.437. The van der Waals surface area contributed by atoms with E-state index in [0.717, 1.165) is 17.1 Å². The highest BCUT2D eigenvalue weighted by atomic mass is 15.4. The summed E-state index contributed by atoms with van der Waals surface area (Å²) < 4.78 is 1.97. The van der Waals surface area contributed by atoms with Crippen LogP contribution in [0.3, 0.4) is 0 Å². The van der Waals surface area contributed by atoms with Crippen LogP contribution >= 0.6 is 0 Å². The van der Waals surface area contributed by atoms with Crippen molar-refractivity contribution in [2.75, 3.05) is 0 Å². The molecule has 0 aliphatic carbocycles. The zero-order valence-corrected chi connectivity index (χ0v) is 5.76. The first-order valence-electron chi connectivity index (χ1n) is 3.48. The van der Waals surface area contributed by atoms with Gasteiger partial charge in [0.25, 0.3) is 5.70 Å². The summed E-state index contributed by atoms with van der Waals surface area (Å²) in [5, 5.41) is 3.18. The number of aromatic nitrogens is 2. The molecule has 0 amide bonds. The zero-order valence-electron chi connectivity index (χ0n) is 5.76. The fraction of sp³-hybridized carbons (Fsp3) is 0. The number of nitrogens with zero attached hydrogens (tertiary/aromatic N) is 1. The van der Waals surface area contributed by atoms with Crippen LogP contribution in [0.15, 0.2) is 24.2 Å². The van der Waals surface area contributed by atoms with Crippen LogP contribution in [0.25, 0.3) is 11.8 Å². The lowest BCUT2D eigenvalue weighted by molar-refractivity contribution is -0.640. The second kappa shape index (κ2) is 1.47. The van der Waals surface area contributed by atoms with Crippen LogP contribution in [0.5, 0.6) is 0 Å². The van der Waals surface area contributed by atoms with Crippen LogP contribution in [0.1, 0.15) is 5.69 Å². The van der Waals surface area contributed by atoms with E-state index < -0.39 is 0 Å². The summed E-state index contributed by atoms with van der Waals surface area (Å²) >= 11 is 0. The monoisotopic (exact) mass is 147 g/mol. The van der Waals surface area contributed by atoms with Crippen molar-refractivity contribution in [3.05, 3.63) is 29.9 Å². The molecule has 0 fully saturated rings. The summed E-state index contributed by atoms with van der Waals surface area (Å²) in [6, 6.07) is 2.04. The van der Waals surface area contributed by atoms with Gasteiger partial charge in [-0.1, -0.05) is 4.68 Å². The molecule has 4 heteroatoms. The van der Waals surface area contributed by atoms with Crippen LogP contribution in [0.2, 0.25) is 0 Å². The molecule has 0 atom stereocenters. The fourth-order valence-corrected chi connectivity index (χ4v) is 1.38. The van der Waals surface area contributed by atoms with E-state index in [1.54, 1.807) is 0 Å². The molecule has 4 nitrogen and oxygen atoms in total. The molecule has 0 saturated heterocycles. The van der Waals surface area contributed by atoms with Crippen molar-refractivity contribution in [2.24, 2.45) is 0 Å². The van der Waals surface area contributed by atoms with Gasteiger partial charge in [-0.3, -0.25) is 5.43 Å². The molecule has 2 aliphatic heterocycles. The van der Waals surface area contributed by atoms with Gasteiger partial charge in [-0.25, -0.2) is 0 Å². The smallest absolute Gasteiger partial charge is 0.277 e. The van der Waals surface area contributed by atoms with Gasteiger partial charge in [0.05, 0.1) is 6.20 Å². The normalized spacial score (nSPS) is 17.8. The molecule has 3 heterocycles. The Hall–Kier alpha value is -1.71. The van der Waals surface area contributed by atoms with E-state index in [-0.39, 0.29) is 0 Å². The van der Waals surface area contributed by atoms with Gasteiger partial charge >= 0.3 is 0 Å². The summed E-state index contributed by atoms with van der Waals surface area (Å²) in [6.45, 7) is 0. The highest BCUT2D eigenvalue weighted by Crippen LogP contribution is 2.16. The lowest BCUT2D eigenvalue weighted by atomic mass is 10.3. The van der Waals surface area contributed by atoms with Crippen molar-refractivity contribution in [3.8, 4) is 0 Å². The maximum Gasteiger partial charge on any atom is 0.277 e. The highest BCUT2D eigenvalue weighted by Gasteiger charge is 2.26. The number of nitrogens with one attached hydrogen (secondary N) is 3. The molecule has 0 spiro atoms. The second-order valence-electron chi connectivity index (χ2n) is 2.61. The minimum Gasteiger partial charge on any atom is -0.301 e. The Labute approximate surface area is 63.2 Å². The van der Waals surface area contributed by atoms with Gasteiger partial charge in [0.1, 0.15) is 11.4 Å². The molecule has 0 unspecified atom stereocenters. The van der Waals surface area contributed by atoms with Crippen LogP contribution in [0, 0.1) is 0 Å².